The Kier molecular flexibility index (Phi) is 46.9. The van der Waals surface area contributed by atoms with Crippen molar-refractivity contribution >= 4 is 19.8 Å². The molecule has 0 rings (SSSR count). The van der Waals surface area contributed by atoms with Crippen molar-refractivity contribution in [3.05, 3.63) is 12.2 Å². The molecule has 0 aliphatic carbocycles. The molecule has 0 aliphatic heterocycles. The van der Waals surface area contributed by atoms with Crippen LogP contribution in [0.4, 0.5) is 0 Å². The van der Waals surface area contributed by atoms with E-state index in [1.807, 2.05) is 21.1 Å². The molecule has 0 saturated carbocycles. The summed E-state index contributed by atoms with van der Waals surface area (Å²) in [5, 5.41) is 0. The average molecular weight is 943 g/mol. The number of carbonyl (C=O) groups is 2. The van der Waals surface area contributed by atoms with Gasteiger partial charge in [0.25, 0.3) is 0 Å². The number of quaternary nitrogens is 1. The molecule has 1 N–H and O–H groups in total. The molecule has 0 radical (unpaired) electrons. The Labute approximate surface area is 403 Å². The molecule has 0 spiro atoms. The molecule has 65 heavy (non-hydrogen) atoms. The third kappa shape index (κ3) is 52.0. The Morgan fingerprint density at radius 2 is 0.785 bits per heavy atom. The number of nitrogens with zero attached hydrogens (tertiary/aromatic N) is 1. The van der Waals surface area contributed by atoms with Crippen LogP contribution in [0.15, 0.2) is 12.2 Å². The number of hydrogen-bond acceptors (Lipinski definition) is 7. The van der Waals surface area contributed by atoms with Gasteiger partial charge in [-0.3, -0.25) is 18.6 Å². The molecule has 0 aromatic rings. The second kappa shape index (κ2) is 47.8. The zero-order valence-corrected chi connectivity index (χ0v) is 44.6. The highest BCUT2D eigenvalue weighted by atomic mass is 31.2. The molecule has 386 valence electrons. The lowest BCUT2D eigenvalue weighted by Crippen LogP contribution is -2.37. The van der Waals surface area contributed by atoms with Gasteiger partial charge in [0.15, 0.2) is 6.10 Å². The fourth-order valence-electron chi connectivity index (χ4n) is 8.19. The summed E-state index contributed by atoms with van der Waals surface area (Å²) in [5.41, 5.74) is 0. The molecule has 9 nitrogen and oxygen atoms in total. The Bertz CT molecular complexity index is 1110. The van der Waals surface area contributed by atoms with Crippen LogP contribution in [0.3, 0.4) is 0 Å². The maximum absolute atomic E-state index is 12.8. The van der Waals surface area contributed by atoms with E-state index in [9.17, 15) is 19.0 Å². The van der Waals surface area contributed by atoms with Crippen molar-refractivity contribution in [1.29, 1.82) is 0 Å². The Morgan fingerprint density at radius 1 is 0.462 bits per heavy atom. The Hall–Kier alpha value is -1.25. The summed E-state index contributed by atoms with van der Waals surface area (Å²) in [5.74, 6) is -0.785. The van der Waals surface area contributed by atoms with Crippen LogP contribution >= 0.6 is 7.82 Å². The zero-order chi connectivity index (χ0) is 47.8. The summed E-state index contributed by atoms with van der Waals surface area (Å²) in [6, 6.07) is 0. The van der Waals surface area contributed by atoms with Gasteiger partial charge < -0.3 is 18.9 Å². The molecule has 0 bridgehead atoms. The average Bonchev–Trinajstić information content (AvgIpc) is 3.26. The lowest BCUT2D eigenvalue weighted by molar-refractivity contribution is -0.870. The standard InChI is InChI=1S/C55H108NO8P/c1-6-8-10-12-14-16-18-20-22-24-26-27-28-29-30-32-33-35-37-39-41-43-45-47-54(57)61-51-53(52-63-65(59,60)62-50-49-56(3,4)5)64-55(58)48-46-44-42-40-38-36-34-31-25-23-21-19-17-15-13-11-9-7-2/h23,25,53H,6-22,24,26-52H2,1-5H3/p+1/b25-23-. The van der Waals surface area contributed by atoms with Crippen molar-refractivity contribution in [2.75, 3.05) is 47.5 Å². The fraction of sp³-hybridized carbons (Fsp3) is 0.927. The second-order valence-electron chi connectivity index (χ2n) is 20.3. The van der Waals surface area contributed by atoms with Crippen LogP contribution < -0.4 is 0 Å². The number of carbonyl (C=O) groups excluding carboxylic acids is 2. The van der Waals surface area contributed by atoms with Gasteiger partial charge in [0.05, 0.1) is 27.7 Å². The van der Waals surface area contributed by atoms with Crippen molar-refractivity contribution in [1.82, 2.24) is 0 Å². The Morgan fingerprint density at radius 3 is 1.14 bits per heavy atom. The van der Waals surface area contributed by atoms with E-state index in [4.69, 9.17) is 18.5 Å². The number of allylic oxidation sites excluding steroid dienone is 2. The van der Waals surface area contributed by atoms with Crippen LogP contribution in [0.1, 0.15) is 277 Å². The van der Waals surface area contributed by atoms with E-state index < -0.39 is 26.5 Å². The molecule has 10 heteroatoms. The lowest BCUT2D eigenvalue weighted by Gasteiger charge is -2.24. The highest BCUT2D eigenvalue weighted by Crippen LogP contribution is 2.43. The van der Waals surface area contributed by atoms with Crippen molar-refractivity contribution in [3.8, 4) is 0 Å². The number of hydrogen-bond donors (Lipinski definition) is 1. The molecular weight excluding hydrogens is 834 g/mol. The first-order chi connectivity index (χ1) is 31.5. The maximum Gasteiger partial charge on any atom is 0.472 e. The number of phosphoric ester groups is 1. The molecule has 2 atom stereocenters. The van der Waals surface area contributed by atoms with E-state index >= 15 is 0 Å². The number of phosphoric acid groups is 1. The largest absolute Gasteiger partial charge is 0.472 e. The van der Waals surface area contributed by atoms with Crippen molar-refractivity contribution in [2.24, 2.45) is 0 Å². The monoisotopic (exact) mass is 943 g/mol. The van der Waals surface area contributed by atoms with Gasteiger partial charge in [0.2, 0.25) is 0 Å². The van der Waals surface area contributed by atoms with Crippen LogP contribution in [-0.2, 0) is 32.7 Å². The predicted octanol–water partition coefficient (Wildman–Crippen LogP) is 16.9. The van der Waals surface area contributed by atoms with Crippen LogP contribution in [0, 0.1) is 0 Å². The highest BCUT2D eigenvalue weighted by Gasteiger charge is 2.27. The molecular formula is C55H109NO8P+. The minimum absolute atomic E-state index is 0.0344. The topological polar surface area (TPSA) is 108 Å². The van der Waals surface area contributed by atoms with E-state index in [2.05, 4.69) is 26.0 Å². The highest BCUT2D eigenvalue weighted by molar-refractivity contribution is 7.47. The molecule has 0 fully saturated rings. The summed E-state index contributed by atoms with van der Waals surface area (Å²) in [6.07, 6.45) is 54.1. The quantitative estimate of drug-likeness (QED) is 0.0211. The first-order valence-corrected chi connectivity index (χ1v) is 29.4. The number of unbranched alkanes of at least 4 members (excludes halogenated alkanes) is 36. The summed E-state index contributed by atoms with van der Waals surface area (Å²) in [4.78, 5) is 35.6. The maximum atomic E-state index is 12.8. The summed E-state index contributed by atoms with van der Waals surface area (Å²) >= 11 is 0. The van der Waals surface area contributed by atoms with Gasteiger partial charge in [-0.25, -0.2) is 4.57 Å². The van der Waals surface area contributed by atoms with Crippen molar-refractivity contribution in [2.45, 2.75) is 283 Å². The molecule has 0 amide bonds. The summed E-state index contributed by atoms with van der Waals surface area (Å²) < 4.78 is 34.5. The van der Waals surface area contributed by atoms with Gasteiger partial charge >= 0.3 is 19.8 Å². The normalized spacial score (nSPS) is 13.4. The molecule has 0 saturated heterocycles. The molecule has 0 heterocycles. The summed E-state index contributed by atoms with van der Waals surface area (Å²) in [6.45, 7) is 4.48. The van der Waals surface area contributed by atoms with Crippen LogP contribution in [-0.4, -0.2) is 74.9 Å². The number of ether oxygens (including phenoxy) is 2. The minimum Gasteiger partial charge on any atom is -0.462 e. The van der Waals surface area contributed by atoms with E-state index in [1.165, 1.54) is 199 Å². The second-order valence-corrected chi connectivity index (χ2v) is 21.8. The molecule has 0 aliphatic rings. The number of likely N-dealkylation sites (N-methyl/N-ethyl adjacent to an activating group) is 1. The van der Waals surface area contributed by atoms with Gasteiger partial charge in [0.1, 0.15) is 19.8 Å². The number of esters is 2. The smallest absolute Gasteiger partial charge is 0.462 e. The van der Waals surface area contributed by atoms with E-state index in [-0.39, 0.29) is 25.6 Å². The van der Waals surface area contributed by atoms with E-state index in [0.29, 0.717) is 23.9 Å². The van der Waals surface area contributed by atoms with Gasteiger partial charge in [-0.15, -0.1) is 0 Å². The van der Waals surface area contributed by atoms with E-state index in [1.54, 1.807) is 0 Å². The van der Waals surface area contributed by atoms with E-state index in [0.717, 1.165) is 44.9 Å². The summed E-state index contributed by atoms with van der Waals surface area (Å²) in [7, 11) is 1.49. The van der Waals surface area contributed by atoms with Crippen molar-refractivity contribution < 1.29 is 42.1 Å². The molecule has 0 aromatic carbocycles. The lowest BCUT2D eigenvalue weighted by atomic mass is 10.0. The molecule has 2 unspecified atom stereocenters. The number of rotatable bonds is 52. The van der Waals surface area contributed by atoms with Crippen LogP contribution in [0.5, 0.6) is 0 Å². The SMILES string of the molecule is CCCCCCCCC/C=C\CCCCCCCCCC(=O)OC(COC(=O)CCCCCCCCCCCCCCCCCCCCCCCCC)COP(=O)(O)OCC[N+](C)(C)C. The zero-order valence-electron chi connectivity index (χ0n) is 43.8. The van der Waals surface area contributed by atoms with Gasteiger partial charge in [-0.2, -0.15) is 0 Å². The third-order valence-electron chi connectivity index (χ3n) is 12.5. The third-order valence-corrected chi connectivity index (χ3v) is 13.5. The van der Waals surface area contributed by atoms with Crippen LogP contribution in [0.2, 0.25) is 0 Å². The van der Waals surface area contributed by atoms with Crippen molar-refractivity contribution in [3.63, 3.8) is 0 Å². The minimum atomic E-state index is -4.38. The van der Waals surface area contributed by atoms with Gasteiger partial charge in [-0.1, -0.05) is 238 Å². The fourth-order valence-corrected chi connectivity index (χ4v) is 8.93. The first-order valence-electron chi connectivity index (χ1n) is 27.9. The van der Waals surface area contributed by atoms with Gasteiger partial charge in [-0.05, 0) is 38.5 Å². The van der Waals surface area contributed by atoms with Gasteiger partial charge in [0, 0.05) is 12.8 Å². The van der Waals surface area contributed by atoms with Crippen LogP contribution in [0.25, 0.3) is 0 Å². The first kappa shape index (κ1) is 63.8. The Balaban J connectivity index is 4.14. The predicted molar refractivity (Wildman–Crippen MR) is 275 cm³/mol. The molecule has 0 aromatic heterocycles.